The fourth-order valence-corrected chi connectivity index (χ4v) is 3.35. The molecule has 0 aromatic rings. The average Bonchev–Trinajstić information content (AvgIpc) is 2.78. The number of aliphatic hydroxyl groups excluding tert-OH is 7. The van der Waals surface area contributed by atoms with E-state index in [4.69, 9.17) is 28.4 Å². The number of carbonyl (C=O) groups is 2. The van der Waals surface area contributed by atoms with Crippen LogP contribution < -0.4 is 0 Å². The van der Waals surface area contributed by atoms with Crippen molar-refractivity contribution in [2.24, 2.45) is 0 Å². The number of carbonyl (C=O) groups excluding carboxylic acids is 2. The fourth-order valence-electron chi connectivity index (χ4n) is 3.35. The maximum Gasteiger partial charge on any atom is 0.303 e. The normalized spacial score (nSPS) is 39.3. The lowest BCUT2D eigenvalue weighted by Crippen LogP contribution is -2.61. The smallest absolute Gasteiger partial charge is 0.303 e. The van der Waals surface area contributed by atoms with Gasteiger partial charge in [-0.05, 0) is 0 Å². The molecule has 15 heteroatoms. The predicted molar refractivity (Wildman–Crippen MR) is 105 cm³/mol. The van der Waals surface area contributed by atoms with Crippen LogP contribution in [0, 0.1) is 0 Å². The predicted octanol–water partition coefficient (Wildman–Crippen LogP) is -4.88. The highest BCUT2D eigenvalue weighted by atomic mass is 16.7. The molecule has 2 saturated heterocycles. The lowest BCUT2D eigenvalue weighted by atomic mass is 9.98. The van der Waals surface area contributed by atoms with Gasteiger partial charge >= 0.3 is 11.9 Å². The third-order valence-electron chi connectivity index (χ3n) is 5.19. The zero-order chi connectivity index (χ0) is 25.6. The number of rotatable bonds is 10. The number of hydrogen-bond acceptors (Lipinski definition) is 15. The van der Waals surface area contributed by atoms with Gasteiger partial charge in [0, 0.05) is 13.8 Å². The van der Waals surface area contributed by atoms with Crippen LogP contribution in [0.4, 0.5) is 0 Å². The Morgan fingerprint density at radius 1 is 0.735 bits per heavy atom. The summed E-state index contributed by atoms with van der Waals surface area (Å²) in [5.41, 5.74) is 0. The van der Waals surface area contributed by atoms with Crippen LogP contribution in [0.5, 0.6) is 0 Å². The molecule has 7 N–H and O–H groups in total. The Morgan fingerprint density at radius 3 is 1.79 bits per heavy atom. The quantitative estimate of drug-likeness (QED) is 0.139. The van der Waals surface area contributed by atoms with Crippen molar-refractivity contribution in [3.8, 4) is 0 Å². The monoisotopic (exact) mass is 500 g/mol. The molecule has 0 saturated carbocycles. The Hall–Kier alpha value is -1.50. The largest absolute Gasteiger partial charge is 0.462 e. The van der Waals surface area contributed by atoms with Crippen molar-refractivity contribution in [3.05, 3.63) is 0 Å². The first kappa shape index (κ1) is 28.7. The summed E-state index contributed by atoms with van der Waals surface area (Å²) in [6, 6.07) is 0. The molecule has 0 aromatic carbocycles. The second-order valence-corrected chi connectivity index (χ2v) is 7.91. The Morgan fingerprint density at radius 2 is 1.26 bits per heavy atom. The summed E-state index contributed by atoms with van der Waals surface area (Å²) >= 11 is 0. The lowest BCUT2D eigenvalue weighted by molar-refractivity contribution is -0.332. The van der Waals surface area contributed by atoms with Gasteiger partial charge in [-0.2, -0.15) is 0 Å². The van der Waals surface area contributed by atoms with E-state index in [0.29, 0.717) is 0 Å². The minimum atomic E-state index is -1.75. The van der Waals surface area contributed by atoms with Crippen LogP contribution in [0.15, 0.2) is 0 Å². The molecule has 0 amide bonds. The molecule has 11 atom stereocenters. The molecule has 2 fully saturated rings. The highest BCUT2D eigenvalue weighted by Crippen LogP contribution is 2.26. The SMILES string of the molecule is CC(=O)OCC(CO[C@@H]1OC(CO[C@H]2OC(CO)[C@H](O)C(O)C2O)[C@H](O)C(O)C1O)OC(C)=O. The first-order chi connectivity index (χ1) is 16.0. The molecule has 2 aliphatic heterocycles. The van der Waals surface area contributed by atoms with Gasteiger partial charge in [0.1, 0.15) is 55.4 Å². The van der Waals surface area contributed by atoms with Gasteiger partial charge in [0.05, 0.1) is 19.8 Å². The zero-order valence-corrected chi connectivity index (χ0v) is 18.6. The minimum Gasteiger partial charge on any atom is -0.462 e. The Balaban J connectivity index is 1.98. The first-order valence-electron chi connectivity index (χ1n) is 10.5. The van der Waals surface area contributed by atoms with Gasteiger partial charge in [0.2, 0.25) is 0 Å². The number of hydrogen-bond donors (Lipinski definition) is 7. The molecule has 0 aliphatic carbocycles. The van der Waals surface area contributed by atoms with E-state index in [0.717, 1.165) is 13.8 Å². The Kier molecular flexibility index (Phi) is 11.0. The van der Waals surface area contributed by atoms with E-state index < -0.39 is 99.3 Å². The van der Waals surface area contributed by atoms with E-state index in [2.05, 4.69) is 0 Å². The topological polar surface area (TPSA) is 231 Å². The summed E-state index contributed by atoms with van der Waals surface area (Å²) < 4.78 is 31.0. The molecule has 2 rings (SSSR count). The van der Waals surface area contributed by atoms with Crippen molar-refractivity contribution in [2.75, 3.05) is 26.4 Å². The van der Waals surface area contributed by atoms with Crippen molar-refractivity contribution < 1.29 is 73.8 Å². The van der Waals surface area contributed by atoms with Gasteiger partial charge < -0.3 is 64.2 Å². The summed E-state index contributed by atoms with van der Waals surface area (Å²) in [6.07, 6.45) is -16.8. The highest BCUT2D eigenvalue weighted by Gasteiger charge is 2.47. The van der Waals surface area contributed by atoms with E-state index >= 15 is 0 Å². The first-order valence-corrected chi connectivity index (χ1v) is 10.5. The summed E-state index contributed by atoms with van der Waals surface area (Å²) in [7, 11) is 0. The fraction of sp³-hybridized carbons (Fsp3) is 0.895. The van der Waals surface area contributed by atoms with Gasteiger partial charge in [0.25, 0.3) is 0 Å². The van der Waals surface area contributed by atoms with E-state index in [1.807, 2.05) is 0 Å². The summed E-state index contributed by atoms with van der Waals surface area (Å²) in [5, 5.41) is 69.5. The third-order valence-corrected chi connectivity index (χ3v) is 5.19. The van der Waals surface area contributed by atoms with Gasteiger partial charge in [-0.15, -0.1) is 0 Å². The second kappa shape index (κ2) is 13.0. The highest BCUT2D eigenvalue weighted by molar-refractivity contribution is 5.67. The average molecular weight is 500 g/mol. The van der Waals surface area contributed by atoms with Gasteiger partial charge in [0.15, 0.2) is 18.7 Å². The summed E-state index contributed by atoms with van der Waals surface area (Å²) in [5.74, 6) is -1.32. The summed E-state index contributed by atoms with van der Waals surface area (Å²) in [6.45, 7) is 0.320. The van der Waals surface area contributed by atoms with Gasteiger partial charge in [-0.1, -0.05) is 0 Å². The van der Waals surface area contributed by atoms with Crippen LogP contribution in [0.1, 0.15) is 13.8 Å². The Labute approximate surface area is 194 Å². The molecule has 34 heavy (non-hydrogen) atoms. The van der Waals surface area contributed by atoms with E-state index in [1.54, 1.807) is 0 Å². The van der Waals surface area contributed by atoms with Crippen molar-refractivity contribution in [3.63, 3.8) is 0 Å². The van der Waals surface area contributed by atoms with Crippen molar-refractivity contribution in [1.29, 1.82) is 0 Å². The van der Waals surface area contributed by atoms with Crippen LogP contribution in [-0.4, -0.2) is 142 Å². The van der Waals surface area contributed by atoms with Crippen LogP contribution in [0.2, 0.25) is 0 Å². The molecule has 0 bridgehead atoms. The molecule has 0 aromatic heterocycles. The summed E-state index contributed by atoms with van der Waals surface area (Å²) in [4.78, 5) is 22.2. The van der Waals surface area contributed by atoms with Crippen LogP contribution in [-0.2, 0) is 38.0 Å². The second-order valence-electron chi connectivity index (χ2n) is 7.91. The van der Waals surface area contributed by atoms with Crippen LogP contribution in [0.25, 0.3) is 0 Å². The van der Waals surface area contributed by atoms with Gasteiger partial charge in [-0.25, -0.2) is 0 Å². The minimum absolute atomic E-state index is 0.341. The van der Waals surface area contributed by atoms with Crippen molar-refractivity contribution in [1.82, 2.24) is 0 Å². The van der Waals surface area contributed by atoms with Gasteiger partial charge in [-0.3, -0.25) is 9.59 Å². The third kappa shape index (κ3) is 7.50. The molecular formula is C19H32O15. The zero-order valence-electron chi connectivity index (χ0n) is 18.6. The molecule has 198 valence electrons. The standard InChI is InChI=1S/C19H32O15/c1-7(21)29-4-9(32-8(2)22)5-30-18-17(28)15(26)13(24)11(34-18)6-31-19-16(27)14(25)12(23)10(3-20)33-19/h9-20,23-28H,3-6H2,1-2H3/t9?,10?,11?,12-,13-,14?,15?,16?,17?,18+,19-/m0/s1. The maximum atomic E-state index is 11.2. The van der Waals surface area contributed by atoms with Crippen molar-refractivity contribution >= 4 is 11.9 Å². The maximum absolute atomic E-state index is 11.2. The lowest BCUT2D eigenvalue weighted by Gasteiger charge is -2.42. The molecular weight excluding hydrogens is 468 g/mol. The molecule has 2 heterocycles. The van der Waals surface area contributed by atoms with E-state index in [1.165, 1.54) is 0 Å². The van der Waals surface area contributed by atoms with Crippen LogP contribution in [0.3, 0.4) is 0 Å². The van der Waals surface area contributed by atoms with E-state index in [-0.39, 0.29) is 6.61 Å². The Bertz CT molecular complexity index is 660. The molecule has 0 spiro atoms. The van der Waals surface area contributed by atoms with E-state index in [9.17, 15) is 45.3 Å². The molecule has 15 nitrogen and oxygen atoms in total. The van der Waals surface area contributed by atoms with Crippen LogP contribution >= 0.6 is 0 Å². The molecule has 0 radical (unpaired) electrons. The number of esters is 2. The molecule has 2 aliphatic rings. The molecule has 7 unspecified atom stereocenters. The number of ether oxygens (including phenoxy) is 6. The van der Waals surface area contributed by atoms with Crippen molar-refractivity contribution in [2.45, 2.75) is 81.4 Å². The number of aliphatic hydroxyl groups is 7.